The lowest BCUT2D eigenvalue weighted by atomic mass is 9.97. The lowest BCUT2D eigenvalue weighted by molar-refractivity contribution is 0.461. The summed E-state index contributed by atoms with van der Waals surface area (Å²) >= 11 is 0. The molecule has 0 spiro atoms. The maximum absolute atomic E-state index is 12.6. The van der Waals surface area contributed by atoms with Gasteiger partial charge in [-0.1, -0.05) is 62.4 Å². The molecule has 9 heteroatoms. The highest BCUT2D eigenvalue weighted by molar-refractivity contribution is 5.73. The molecule has 31 heavy (non-hydrogen) atoms. The monoisotopic (exact) mass is 418 g/mol. The Balaban J connectivity index is 1.72. The molecular weight excluding hydrogens is 392 g/mol. The largest absolute Gasteiger partial charge is 0.328 e. The van der Waals surface area contributed by atoms with Crippen LogP contribution in [0.2, 0.25) is 0 Å². The van der Waals surface area contributed by atoms with Crippen LogP contribution in [0.5, 0.6) is 0 Å². The van der Waals surface area contributed by atoms with E-state index in [1.54, 1.807) is 10.8 Å². The molecule has 2 heterocycles. The number of benzene rings is 2. The Morgan fingerprint density at radius 1 is 1.06 bits per heavy atom. The molecule has 0 atom stereocenters. The number of H-pyrrole nitrogens is 1. The van der Waals surface area contributed by atoms with Gasteiger partial charge in [0.15, 0.2) is 11.5 Å². The summed E-state index contributed by atoms with van der Waals surface area (Å²) in [7, 11) is 0. The molecule has 0 amide bonds. The second-order valence-corrected chi connectivity index (χ2v) is 7.70. The number of nitrogens with one attached hydrogen (secondary N) is 3. The molecule has 0 unspecified atom stereocenters. The van der Waals surface area contributed by atoms with Gasteiger partial charge >= 0.3 is 5.69 Å². The number of nitrogens with two attached hydrogens (primary N) is 2. The summed E-state index contributed by atoms with van der Waals surface area (Å²) < 4.78 is 1.62. The van der Waals surface area contributed by atoms with Crippen molar-refractivity contribution < 1.29 is 0 Å². The van der Waals surface area contributed by atoms with Crippen molar-refractivity contribution in [3.8, 4) is 11.4 Å². The summed E-state index contributed by atoms with van der Waals surface area (Å²) in [6, 6.07) is 15.7. The number of imidazole rings is 1. The first-order valence-electron chi connectivity index (χ1n) is 10.1. The Labute approximate surface area is 179 Å². The number of hydrogen-bond donors (Lipinski definition) is 5. The zero-order valence-electron chi connectivity index (χ0n) is 17.5. The van der Waals surface area contributed by atoms with E-state index in [-0.39, 0.29) is 11.9 Å². The van der Waals surface area contributed by atoms with Gasteiger partial charge in [0.25, 0.3) is 0 Å². The smallest absolute Gasteiger partial charge is 0.303 e. The summed E-state index contributed by atoms with van der Waals surface area (Å²) in [5.74, 6) is 11.9. The second-order valence-electron chi connectivity index (χ2n) is 7.70. The number of fused-ring (bicyclic) bond motifs is 1. The van der Waals surface area contributed by atoms with Crippen molar-refractivity contribution in [2.75, 3.05) is 0 Å². The number of aromatic nitrogens is 4. The highest BCUT2D eigenvalue weighted by Gasteiger charge is 2.15. The van der Waals surface area contributed by atoms with E-state index in [2.05, 4.69) is 40.7 Å². The molecule has 0 fully saturated rings. The van der Waals surface area contributed by atoms with Crippen LogP contribution in [0.15, 0.2) is 59.5 Å². The maximum atomic E-state index is 12.6. The quantitative estimate of drug-likeness (QED) is 0.175. The molecule has 4 rings (SSSR count). The van der Waals surface area contributed by atoms with Gasteiger partial charge in [-0.2, -0.15) is 0 Å². The van der Waals surface area contributed by atoms with E-state index in [1.807, 2.05) is 42.5 Å². The van der Waals surface area contributed by atoms with Gasteiger partial charge in [0, 0.05) is 5.56 Å². The van der Waals surface area contributed by atoms with Crippen LogP contribution < -0.4 is 28.2 Å². The minimum atomic E-state index is -0.360. The molecule has 0 aliphatic rings. The zero-order valence-corrected chi connectivity index (χ0v) is 17.5. The third kappa shape index (κ3) is 4.12. The predicted octanol–water partition coefficient (Wildman–Crippen LogP) is 1.88. The SMILES string of the molecule is CC(C)c1ccccc1-c1ncc2[nH]c(=O)n(Cc3ccc(C(NN)NN)cc3)c2n1. The number of hydrogen-bond acceptors (Lipinski definition) is 7. The van der Waals surface area contributed by atoms with Gasteiger partial charge in [-0.3, -0.25) is 16.3 Å². The Kier molecular flexibility index (Phi) is 5.92. The van der Waals surface area contributed by atoms with E-state index >= 15 is 0 Å². The minimum Gasteiger partial charge on any atom is -0.303 e. The van der Waals surface area contributed by atoms with Crippen molar-refractivity contribution >= 4 is 11.2 Å². The Morgan fingerprint density at radius 3 is 2.45 bits per heavy atom. The van der Waals surface area contributed by atoms with Crippen molar-refractivity contribution in [1.82, 2.24) is 30.4 Å². The van der Waals surface area contributed by atoms with Crippen molar-refractivity contribution in [2.45, 2.75) is 32.5 Å². The van der Waals surface area contributed by atoms with Crippen molar-refractivity contribution in [3.05, 3.63) is 81.9 Å². The van der Waals surface area contributed by atoms with Crippen LogP contribution in [0, 0.1) is 0 Å². The summed E-state index contributed by atoms with van der Waals surface area (Å²) in [6.07, 6.45) is 1.31. The highest BCUT2D eigenvalue weighted by Crippen LogP contribution is 2.27. The average Bonchev–Trinajstić information content (AvgIpc) is 3.10. The van der Waals surface area contributed by atoms with E-state index in [1.165, 1.54) is 5.56 Å². The number of hydrazine groups is 2. The lowest BCUT2D eigenvalue weighted by Gasteiger charge is -2.15. The minimum absolute atomic E-state index is 0.229. The molecule has 160 valence electrons. The molecular formula is C22H26N8O. The second kappa shape index (κ2) is 8.78. The van der Waals surface area contributed by atoms with E-state index < -0.39 is 0 Å². The molecule has 7 N–H and O–H groups in total. The number of nitrogens with zero attached hydrogens (tertiary/aromatic N) is 3. The molecule has 9 nitrogen and oxygen atoms in total. The maximum Gasteiger partial charge on any atom is 0.328 e. The fraction of sp³-hybridized carbons (Fsp3) is 0.227. The number of rotatable bonds is 7. The molecule has 2 aromatic heterocycles. The van der Waals surface area contributed by atoms with Crippen LogP contribution in [0.1, 0.15) is 42.6 Å². The van der Waals surface area contributed by atoms with E-state index in [9.17, 15) is 4.79 Å². The van der Waals surface area contributed by atoms with E-state index in [0.29, 0.717) is 29.5 Å². The average molecular weight is 419 g/mol. The summed E-state index contributed by atoms with van der Waals surface area (Å²) in [6.45, 7) is 4.65. The molecule has 2 aromatic carbocycles. The van der Waals surface area contributed by atoms with Crippen LogP contribution in [0.3, 0.4) is 0 Å². The van der Waals surface area contributed by atoms with Crippen LogP contribution in [-0.4, -0.2) is 19.5 Å². The topological polar surface area (TPSA) is 140 Å². The van der Waals surface area contributed by atoms with Gasteiger partial charge in [0.2, 0.25) is 0 Å². The van der Waals surface area contributed by atoms with Crippen molar-refractivity contribution in [3.63, 3.8) is 0 Å². The fourth-order valence-electron chi connectivity index (χ4n) is 3.66. The standard InChI is InChI=1S/C22H26N8O/c1-13(2)16-5-3-4-6-17(16)20-25-11-18-21(27-20)30(22(31)26-18)12-14-7-9-15(10-8-14)19(28-23)29-24/h3-11,13,19,28-29H,12,23-24H2,1-2H3,(H,26,31). The Hall–Kier alpha value is -3.37. The predicted molar refractivity (Wildman–Crippen MR) is 121 cm³/mol. The Bertz CT molecular complexity index is 1240. The van der Waals surface area contributed by atoms with Gasteiger partial charge < -0.3 is 4.98 Å². The first-order valence-corrected chi connectivity index (χ1v) is 10.1. The van der Waals surface area contributed by atoms with Crippen LogP contribution in [0.4, 0.5) is 0 Å². The van der Waals surface area contributed by atoms with Crippen LogP contribution >= 0.6 is 0 Å². The summed E-state index contributed by atoms with van der Waals surface area (Å²) in [5, 5.41) is 0. The molecule has 0 aliphatic heterocycles. The molecule has 0 aliphatic carbocycles. The van der Waals surface area contributed by atoms with E-state index in [4.69, 9.17) is 16.7 Å². The normalized spacial score (nSPS) is 11.7. The first-order chi connectivity index (χ1) is 15.0. The van der Waals surface area contributed by atoms with Crippen molar-refractivity contribution in [2.24, 2.45) is 11.7 Å². The summed E-state index contributed by atoms with van der Waals surface area (Å²) in [5.41, 5.74) is 10.1. The molecule has 4 aromatic rings. The zero-order chi connectivity index (χ0) is 22.0. The third-order valence-corrected chi connectivity index (χ3v) is 5.32. The van der Waals surface area contributed by atoms with Gasteiger partial charge in [-0.05, 0) is 22.6 Å². The van der Waals surface area contributed by atoms with Crippen molar-refractivity contribution in [1.29, 1.82) is 0 Å². The lowest BCUT2D eigenvalue weighted by Crippen LogP contribution is -2.41. The van der Waals surface area contributed by atoms with Gasteiger partial charge in [-0.25, -0.2) is 25.6 Å². The molecule has 0 saturated carbocycles. The van der Waals surface area contributed by atoms with E-state index in [0.717, 1.165) is 16.7 Å². The fourth-order valence-corrected chi connectivity index (χ4v) is 3.66. The molecule has 0 saturated heterocycles. The van der Waals surface area contributed by atoms with Gasteiger partial charge in [0.1, 0.15) is 11.7 Å². The highest BCUT2D eigenvalue weighted by atomic mass is 16.1. The summed E-state index contributed by atoms with van der Waals surface area (Å²) in [4.78, 5) is 24.7. The van der Waals surface area contributed by atoms with Gasteiger partial charge in [-0.15, -0.1) is 0 Å². The molecule has 0 bridgehead atoms. The Morgan fingerprint density at radius 2 is 1.77 bits per heavy atom. The molecule has 0 radical (unpaired) electrons. The number of aromatic amines is 1. The first kappa shape index (κ1) is 20.9. The van der Waals surface area contributed by atoms with Crippen LogP contribution in [0.25, 0.3) is 22.6 Å². The van der Waals surface area contributed by atoms with Crippen LogP contribution in [-0.2, 0) is 6.54 Å². The van der Waals surface area contributed by atoms with Gasteiger partial charge in [0.05, 0.1) is 12.7 Å². The third-order valence-electron chi connectivity index (χ3n) is 5.32.